The summed E-state index contributed by atoms with van der Waals surface area (Å²) in [6.07, 6.45) is 3.76. The second-order valence-corrected chi connectivity index (χ2v) is 3.86. The quantitative estimate of drug-likeness (QED) is 0.700. The minimum absolute atomic E-state index is 0.0932. The Bertz CT molecular complexity index is 459. The molecule has 4 nitrogen and oxygen atoms in total. The van der Waals surface area contributed by atoms with Gasteiger partial charge in [-0.15, -0.1) is 0 Å². The van der Waals surface area contributed by atoms with Gasteiger partial charge in [-0.3, -0.25) is 9.59 Å². The van der Waals surface area contributed by atoms with Crippen molar-refractivity contribution in [3.8, 4) is 0 Å². The molecule has 2 aliphatic rings. The molecular weight excluding hydrogens is 180 g/mol. The largest absolute Gasteiger partial charge is 0.363 e. The number of rotatable bonds is 1. The molecule has 0 radical (unpaired) electrons. The molecule has 1 aromatic heterocycles. The van der Waals surface area contributed by atoms with Crippen molar-refractivity contribution in [1.29, 1.82) is 0 Å². The van der Waals surface area contributed by atoms with Crippen LogP contribution in [-0.4, -0.2) is 21.8 Å². The minimum atomic E-state index is -0.160. The van der Waals surface area contributed by atoms with Crippen LogP contribution in [-0.2, 0) is 6.54 Å². The van der Waals surface area contributed by atoms with Crippen molar-refractivity contribution in [2.75, 3.05) is 0 Å². The lowest BCUT2D eigenvalue weighted by Crippen LogP contribution is -2.27. The maximum atomic E-state index is 11.8. The van der Waals surface area contributed by atoms with Gasteiger partial charge < -0.3 is 9.88 Å². The summed E-state index contributed by atoms with van der Waals surface area (Å²) in [5.74, 6) is -0.0932. The normalized spacial score (nSPS) is 20.0. The zero-order valence-corrected chi connectivity index (χ0v) is 7.62. The number of nitrogens with one attached hydrogen (secondary N) is 1. The summed E-state index contributed by atoms with van der Waals surface area (Å²) in [5.41, 5.74) is 0.959. The van der Waals surface area contributed by atoms with Crippen molar-refractivity contribution < 1.29 is 4.79 Å². The summed E-state index contributed by atoms with van der Waals surface area (Å²) in [6, 6.07) is 1.79. The molecular formula is C10H10N2O2. The maximum absolute atomic E-state index is 11.8. The van der Waals surface area contributed by atoms with Gasteiger partial charge in [0.2, 0.25) is 0 Å². The fourth-order valence-electron chi connectivity index (χ4n) is 1.95. The number of H-pyrrole nitrogens is 1. The number of hydrogen-bond donors (Lipinski definition) is 1. The molecule has 72 valence electrons. The molecule has 4 heteroatoms. The standard InChI is InChI=1S/C10H10N2O2/c13-8-3-4-11-7-5-12(6-1-2-6)10(14)9(7)8/h3-4,6H,1-2,5H2,(H,11,13). The Morgan fingerprint density at radius 1 is 1.36 bits per heavy atom. The average molecular weight is 190 g/mol. The molecule has 1 saturated carbocycles. The molecule has 0 bridgehead atoms. The molecule has 0 saturated heterocycles. The third kappa shape index (κ3) is 0.937. The number of aromatic amines is 1. The highest BCUT2D eigenvalue weighted by Gasteiger charge is 2.39. The molecule has 1 aliphatic heterocycles. The molecule has 3 rings (SSSR count). The SMILES string of the molecule is O=C1c2c([nH]ccc2=O)CN1C1CC1. The van der Waals surface area contributed by atoms with Crippen molar-refractivity contribution in [2.24, 2.45) is 0 Å². The molecule has 0 spiro atoms. The van der Waals surface area contributed by atoms with Gasteiger partial charge in [0, 0.05) is 18.3 Å². The van der Waals surface area contributed by atoms with Crippen LogP contribution < -0.4 is 5.43 Å². The number of amides is 1. The second-order valence-electron chi connectivity index (χ2n) is 3.86. The van der Waals surface area contributed by atoms with Crippen LogP contribution in [0, 0.1) is 0 Å². The first-order chi connectivity index (χ1) is 6.77. The number of pyridine rings is 1. The fourth-order valence-corrected chi connectivity index (χ4v) is 1.95. The van der Waals surface area contributed by atoms with Gasteiger partial charge in [0.15, 0.2) is 5.43 Å². The Hall–Kier alpha value is -1.58. The van der Waals surface area contributed by atoms with E-state index in [9.17, 15) is 9.59 Å². The maximum Gasteiger partial charge on any atom is 0.260 e. The lowest BCUT2D eigenvalue weighted by molar-refractivity contribution is 0.0765. The minimum Gasteiger partial charge on any atom is -0.363 e. The highest BCUT2D eigenvalue weighted by atomic mass is 16.2. The summed E-state index contributed by atoms with van der Waals surface area (Å²) in [4.78, 5) is 28.0. The lowest BCUT2D eigenvalue weighted by atomic mass is 10.2. The van der Waals surface area contributed by atoms with Crippen molar-refractivity contribution in [2.45, 2.75) is 25.4 Å². The van der Waals surface area contributed by atoms with E-state index in [0.717, 1.165) is 18.5 Å². The molecule has 1 N–H and O–H groups in total. The Labute approximate surface area is 80.5 Å². The molecule has 14 heavy (non-hydrogen) atoms. The summed E-state index contributed by atoms with van der Waals surface area (Å²) in [7, 11) is 0. The zero-order valence-electron chi connectivity index (χ0n) is 7.62. The first kappa shape index (κ1) is 7.79. The summed E-state index contributed by atoms with van der Waals surface area (Å²) >= 11 is 0. The summed E-state index contributed by atoms with van der Waals surface area (Å²) < 4.78 is 0. The number of carbonyl (C=O) groups is 1. The Morgan fingerprint density at radius 3 is 2.79 bits per heavy atom. The monoisotopic (exact) mass is 190 g/mol. The van der Waals surface area contributed by atoms with Crippen LogP contribution in [0.2, 0.25) is 0 Å². The van der Waals surface area contributed by atoms with Gasteiger partial charge in [0.25, 0.3) is 5.91 Å². The van der Waals surface area contributed by atoms with Crippen LogP contribution in [0.1, 0.15) is 28.9 Å². The average Bonchev–Trinajstić information content (AvgIpc) is 2.93. The third-order valence-electron chi connectivity index (χ3n) is 2.83. The number of hydrogen-bond acceptors (Lipinski definition) is 2. The van der Waals surface area contributed by atoms with Crippen LogP contribution >= 0.6 is 0 Å². The van der Waals surface area contributed by atoms with Crippen LogP contribution in [0.15, 0.2) is 17.1 Å². The van der Waals surface area contributed by atoms with Crippen LogP contribution in [0.5, 0.6) is 0 Å². The van der Waals surface area contributed by atoms with Gasteiger partial charge in [-0.05, 0) is 12.8 Å². The highest BCUT2D eigenvalue weighted by Crippen LogP contribution is 2.32. The molecule has 1 amide bonds. The molecule has 1 fully saturated rings. The first-order valence-corrected chi connectivity index (χ1v) is 4.79. The van der Waals surface area contributed by atoms with Gasteiger partial charge in [-0.25, -0.2) is 0 Å². The Balaban J connectivity index is 2.10. The van der Waals surface area contributed by atoms with E-state index in [0.29, 0.717) is 18.2 Å². The van der Waals surface area contributed by atoms with E-state index in [1.165, 1.54) is 6.07 Å². The Morgan fingerprint density at radius 2 is 2.14 bits per heavy atom. The van der Waals surface area contributed by atoms with Gasteiger partial charge in [-0.2, -0.15) is 0 Å². The van der Waals surface area contributed by atoms with Gasteiger partial charge in [-0.1, -0.05) is 0 Å². The second kappa shape index (κ2) is 2.47. The topological polar surface area (TPSA) is 53.2 Å². The smallest absolute Gasteiger partial charge is 0.260 e. The highest BCUT2D eigenvalue weighted by molar-refractivity contribution is 5.98. The molecule has 1 aliphatic carbocycles. The van der Waals surface area contributed by atoms with Crippen molar-refractivity contribution >= 4 is 5.91 Å². The van der Waals surface area contributed by atoms with E-state index < -0.39 is 0 Å². The van der Waals surface area contributed by atoms with Crippen molar-refractivity contribution in [3.63, 3.8) is 0 Å². The van der Waals surface area contributed by atoms with Gasteiger partial charge in [0.05, 0.1) is 12.2 Å². The van der Waals surface area contributed by atoms with Gasteiger partial charge in [0.1, 0.15) is 5.56 Å². The van der Waals surface area contributed by atoms with Gasteiger partial charge >= 0.3 is 0 Å². The van der Waals surface area contributed by atoms with E-state index in [1.54, 1.807) is 11.1 Å². The molecule has 0 aromatic carbocycles. The number of fused-ring (bicyclic) bond motifs is 1. The lowest BCUT2D eigenvalue weighted by Gasteiger charge is -2.12. The van der Waals surface area contributed by atoms with Crippen LogP contribution in [0.25, 0.3) is 0 Å². The van der Waals surface area contributed by atoms with Crippen molar-refractivity contribution in [3.05, 3.63) is 33.7 Å². The van der Waals surface area contributed by atoms with E-state index in [-0.39, 0.29) is 11.3 Å². The third-order valence-corrected chi connectivity index (χ3v) is 2.83. The molecule has 0 unspecified atom stereocenters. The molecule has 2 heterocycles. The van der Waals surface area contributed by atoms with Crippen LogP contribution in [0.3, 0.4) is 0 Å². The first-order valence-electron chi connectivity index (χ1n) is 4.79. The molecule has 1 aromatic rings. The van der Waals surface area contributed by atoms with E-state index in [2.05, 4.69) is 4.98 Å². The van der Waals surface area contributed by atoms with Crippen LogP contribution in [0.4, 0.5) is 0 Å². The number of nitrogens with zero attached hydrogens (tertiary/aromatic N) is 1. The summed E-state index contributed by atoms with van der Waals surface area (Å²) in [6.45, 7) is 0.578. The fraction of sp³-hybridized carbons (Fsp3) is 0.400. The predicted octanol–water partition coefficient (Wildman–Crippen LogP) is 0.493. The zero-order chi connectivity index (χ0) is 9.71. The number of aromatic nitrogens is 1. The molecule has 0 atom stereocenters. The van der Waals surface area contributed by atoms with Crippen molar-refractivity contribution in [1.82, 2.24) is 9.88 Å². The number of carbonyl (C=O) groups excluding carboxylic acids is 1. The van der Waals surface area contributed by atoms with E-state index in [1.807, 2.05) is 0 Å². The van der Waals surface area contributed by atoms with E-state index >= 15 is 0 Å². The predicted molar refractivity (Wildman–Crippen MR) is 50.0 cm³/mol. The Kier molecular flexibility index (Phi) is 1.37. The summed E-state index contributed by atoms with van der Waals surface area (Å²) in [5, 5.41) is 0. The van der Waals surface area contributed by atoms with E-state index in [4.69, 9.17) is 0 Å².